The maximum atomic E-state index is 13.0. The van der Waals surface area contributed by atoms with Crippen molar-refractivity contribution in [2.75, 3.05) is 24.5 Å². The second kappa shape index (κ2) is 9.62. The van der Waals surface area contributed by atoms with Gasteiger partial charge in [-0.1, -0.05) is 37.3 Å². The average Bonchev–Trinajstić information content (AvgIpc) is 2.74. The van der Waals surface area contributed by atoms with E-state index in [2.05, 4.69) is 16.0 Å². The van der Waals surface area contributed by atoms with Crippen molar-refractivity contribution in [3.63, 3.8) is 0 Å². The molecule has 2 aromatic carbocycles. The Hall–Kier alpha value is -3.50. The summed E-state index contributed by atoms with van der Waals surface area (Å²) in [5.41, 5.74) is 1.21. The standard InChI is InChI=1S/C22H23N5O2/c1-2-26(15-20-24-19-12-7-6-11-18(19)22(29)25-20)16-21(28)27(14-8-13-23)17-9-4-3-5-10-17/h3-7,9-12H,2,8,14-16H2,1H3,(H,24,25,29). The summed E-state index contributed by atoms with van der Waals surface area (Å²) in [5, 5.41) is 9.48. The van der Waals surface area contributed by atoms with Crippen molar-refractivity contribution < 1.29 is 4.79 Å². The quantitative estimate of drug-likeness (QED) is 0.639. The number of fused-ring (bicyclic) bond motifs is 1. The molecule has 0 aliphatic heterocycles. The van der Waals surface area contributed by atoms with E-state index >= 15 is 0 Å². The van der Waals surface area contributed by atoms with Crippen LogP contribution in [0.25, 0.3) is 10.9 Å². The van der Waals surface area contributed by atoms with Crippen molar-refractivity contribution in [2.45, 2.75) is 19.9 Å². The first kappa shape index (κ1) is 20.2. The number of amides is 1. The summed E-state index contributed by atoms with van der Waals surface area (Å²) in [5.74, 6) is 0.420. The molecule has 1 N–H and O–H groups in total. The second-order valence-electron chi connectivity index (χ2n) is 6.62. The van der Waals surface area contributed by atoms with Crippen LogP contribution < -0.4 is 10.5 Å². The fraction of sp³-hybridized carbons (Fsp3) is 0.273. The van der Waals surface area contributed by atoms with Crippen LogP contribution in [0.3, 0.4) is 0 Å². The summed E-state index contributed by atoms with van der Waals surface area (Å²) in [6, 6.07) is 18.6. The molecule has 0 saturated heterocycles. The lowest BCUT2D eigenvalue weighted by atomic mass is 10.2. The SMILES string of the molecule is CCN(CC(=O)N(CCC#N)c1ccccc1)Cc1nc2ccccc2c(=O)[nH]1. The van der Waals surface area contributed by atoms with Crippen molar-refractivity contribution in [1.82, 2.24) is 14.9 Å². The molecule has 3 rings (SSSR count). The number of para-hydroxylation sites is 2. The number of H-pyrrole nitrogens is 1. The van der Waals surface area contributed by atoms with Gasteiger partial charge in [-0.05, 0) is 30.8 Å². The van der Waals surface area contributed by atoms with Gasteiger partial charge in [0, 0.05) is 12.2 Å². The monoisotopic (exact) mass is 389 g/mol. The zero-order valence-electron chi connectivity index (χ0n) is 16.3. The zero-order valence-corrected chi connectivity index (χ0v) is 16.3. The number of likely N-dealkylation sites (N-methyl/N-ethyl adjacent to an activating group) is 1. The third-order valence-corrected chi connectivity index (χ3v) is 4.66. The van der Waals surface area contributed by atoms with Crippen LogP contribution in [0, 0.1) is 11.3 Å². The highest BCUT2D eigenvalue weighted by Crippen LogP contribution is 2.15. The Morgan fingerprint density at radius 2 is 1.86 bits per heavy atom. The Bertz CT molecular complexity index is 1070. The predicted octanol–water partition coefficient (Wildman–Crippen LogP) is 2.69. The molecule has 0 bridgehead atoms. The smallest absolute Gasteiger partial charge is 0.258 e. The molecule has 148 valence electrons. The maximum Gasteiger partial charge on any atom is 0.258 e. The van der Waals surface area contributed by atoms with Crippen molar-refractivity contribution in [2.24, 2.45) is 0 Å². The predicted molar refractivity (Wildman–Crippen MR) is 112 cm³/mol. The van der Waals surface area contributed by atoms with Gasteiger partial charge in [-0.25, -0.2) is 4.98 Å². The molecule has 0 radical (unpaired) electrons. The zero-order chi connectivity index (χ0) is 20.6. The van der Waals surface area contributed by atoms with Crippen LogP contribution in [0.4, 0.5) is 5.69 Å². The van der Waals surface area contributed by atoms with Gasteiger partial charge in [0.25, 0.3) is 5.56 Å². The number of nitrogens with one attached hydrogen (secondary N) is 1. The van der Waals surface area contributed by atoms with Crippen LogP contribution in [0.2, 0.25) is 0 Å². The number of anilines is 1. The highest BCUT2D eigenvalue weighted by molar-refractivity contribution is 5.94. The largest absolute Gasteiger partial charge is 0.310 e. The van der Waals surface area contributed by atoms with Gasteiger partial charge in [0.1, 0.15) is 5.82 Å². The Labute approximate surface area is 169 Å². The fourth-order valence-corrected chi connectivity index (χ4v) is 3.15. The molecule has 1 aromatic heterocycles. The van der Waals surface area contributed by atoms with E-state index in [0.717, 1.165) is 5.69 Å². The summed E-state index contributed by atoms with van der Waals surface area (Å²) < 4.78 is 0. The Morgan fingerprint density at radius 3 is 2.59 bits per heavy atom. The summed E-state index contributed by atoms with van der Waals surface area (Å²) >= 11 is 0. The molecule has 0 spiro atoms. The van der Waals surface area contributed by atoms with Crippen LogP contribution in [-0.4, -0.2) is 40.4 Å². The van der Waals surface area contributed by atoms with Crippen molar-refractivity contribution in [3.8, 4) is 6.07 Å². The lowest BCUT2D eigenvalue weighted by Gasteiger charge is -2.26. The molecule has 29 heavy (non-hydrogen) atoms. The third-order valence-electron chi connectivity index (χ3n) is 4.66. The Kier molecular flexibility index (Phi) is 6.72. The molecule has 0 aliphatic rings. The summed E-state index contributed by atoms with van der Waals surface area (Å²) in [6.45, 7) is 3.41. The molecule has 0 aliphatic carbocycles. The average molecular weight is 389 g/mol. The molecule has 1 amide bonds. The van der Waals surface area contributed by atoms with Gasteiger partial charge >= 0.3 is 0 Å². The van der Waals surface area contributed by atoms with E-state index in [0.29, 0.717) is 36.4 Å². The van der Waals surface area contributed by atoms with Crippen LogP contribution >= 0.6 is 0 Å². The van der Waals surface area contributed by atoms with E-state index in [9.17, 15) is 9.59 Å². The molecule has 3 aromatic rings. The molecule has 0 unspecified atom stereocenters. The lowest BCUT2D eigenvalue weighted by molar-refractivity contribution is -0.119. The molecule has 7 heteroatoms. The van der Waals surface area contributed by atoms with Gasteiger partial charge < -0.3 is 9.88 Å². The van der Waals surface area contributed by atoms with Gasteiger partial charge in [-0.15, -0.1) is 0 Å². The lowest BCUT2D eigenvalue weighted by Crippen LogP contribution is -2.41. The van der Waals surface area contributed by atoms with E-state index in [4.69, 9.17) is 5.26 Å². The summed E-state index contributed by atoms with van der Waals surface area (Å²) in [6.07, 6.45) is 0.256. The topological polar surface area (TPSA) is 93.1 Å². The van der Waals surface area contributed by atoms with Gasteiger partial charge in [0.15, 0.2) is 0 Å². The van der Waals surface area contributed by atoms with E-state index in [-0.39, 0.29) is 24.4 Å². The van der Waals surface area contributed by atoms with Crippen LogP contribution in [0.5, 0.6) is 0 Å². The number of aromatic nitrogens is 2. The van der Waals surface area contributed by atoms with Crippen LogP contribution in [-0.2, 0) is 11.3 Å². The number of nitrogens with zero attached hydrogens (tertiary/aromatic N) is 4. The molecule has 1 heterocycles. The minimum absolute atomic E-state index is 0.101. The first-order chi connectivity index (χ1) is 14.1. The maximum absolute atomic E-state index is 13.0. The van der Waals surface area contributed by atoms with Crippen molar-refractivity contribution in [1.29, 1.82) is 5.26 Å². The number of benzene rings is 2. The second-order valence-corrected chi connectivity index (χ2v) is 6.62. The first-order valence-corrected chi connectivity index (χ1v) is 9.55. The van der Waals surface area contributed by atoms with Crippen molar-refractivity contribution >= 4 is 22.5 Å². The molecule has 0 saturated carbocycles. The van der Waals surface area contributed by atoms with Gasteiger partial charge in [-0.2, -0.15) is 5.26 Å². The fourth-order valence-electron chi connectivity index (χ4n) is 3.15. The normalized spacial score (nSPS) is 10.8. The molecule has 0 fully saturated rings. The third kappa shape index (κ3) is 5.06. The molecular weight excluding hydrogens is 366 g/mol. The number of carbonyl (C=O) groups is 1. The molecule has 7 nitrogen and oxygen atoms in total. The molecule has 0 atom stereocenters. The van der Waals surface area contributed by atoms with E-state index < -0.39 is 0 Å². The Balaban J connectivity index is 1.77. The Morgan fingerprint density at radius 1 is 1.14 bits per heavy atom. The summed E-state index contributed by atoms with van der Waals surface area (Å²) in [7, 11) is 0. The van der Waals surface area contributed by atoms with Crippen molar-refractivity contribution in [3.05, 3.63) is 70.8 Å². The number of aromatic amines is 1. The highest BCUT2D eigenvalue weighted by atomic mass is 16.2. The minimum Gasteiger partial charge on any atom is -0.310 e. The molecular formula is C22H23N5O2. The number of rotatable bonds is 8. The number of nitriles is 1. The van der Waals surface area contributed by atoms with E-state index in [1.165, 1.54) is 0 Å². The van der Waals surface area contributed by atoms with Crippen LogP contribution in [0.1, 0.15) is 19.2 Å². The van der Waals surface area contributed by atoms with E-state index in [1.807, 2.05) is 48.2 Å². The minimum atomic E-state index is -0.187. The number of hydrogen-bond acceptors (Lipinski definition) is 5. The van der Waals surface area contributed by atoms with Gasteiger partial charge in [0.05, 0.1) is 36.5 Å². The van der Waals surface area contributed by atoms with Crippen LogP contribution in [0.15, 0.2) is 59.4 Å². The van der Waals surface area contributed by atoms with Gasteiger partial charge in [0.2, 0.25) is 5.91 Å². The first-order valence-electron chi connectivity index (χ1n) is 9.55. The number of hydrogen-bond donors (Lipinski definition) is 1. The van der Waals surface area contributed by atoms with Gasteiger partial charge in [-0.3, -0.25) is 14.5 Å². The van der Waals surface area contributed by atoms with E-state index in [1.54, 1.807) is 23.1 Å². The summed E-state index contributed by atoms with van der Waals surface area (Å²) in [4.78, 5) is 36.1. The highest BCUT2D eigenvalue weighted by Gasteiger charge is 2.19. The number of carbonyl (C=O) groups excluding carboxylic acids is 1.